The summed E-state index contributed by atoms with van der Waals surface area (Å²) in [4.78, 5) is 19.1. The van der Waals surface area contributed by atoms with E-state index in [4.69, 9.17) is 23.5 Å². The number of nitrogens with one attached hydrogen (secondary N) is 1. The van der Waals surface area contributed by atoms with Crippen LogP contribution in [0.1, 0.15) is 0 Å². The Bertz CT molecular complexity index is 1070. The minimum Gasteiger partial charge on any atom is -0.493 e. The summed E-state index contributed by atoms with van der Waals surface area (Å²) in [6.07, 6.45) is 0. The average Bonchev–Trinajstić information content (AvgIpc) is 3.21. The zero-order valence-electron chi connectivity index (χ0n) is 16.6. The third kappa shape index (κ3) is 4.49. The van der Waals surface area contributed by atoms with E-state index in [0.29, 0.717) is 39.8 Å². The van der Waals surface area contributed by atoms with Gasteiger partial charge in [-0.05, 0) is 30.3 Å². The molecule has 0 aliphatic heterocycles. The van der Waals surface area contributed by atoms with Gasteiger partial charge in [0, 0.05) is 22.9 Å². The number of nitrogens with zero attached hydrogens (tertiary/aromatic N) is 2. The van der Waals surface area contributed by atoms with Crippen molar-refractivity contribution < 1.29 is 33.3 Å². The van der Waals surface area contributed by atoms with Crippen molar-refractivity contribution in [2.75, 3.05) is 28.4 Å². The third-order valence-electron chi connectivity index (χ3n) is 4.14. The van der Waals surface area contributed by atoms with Gasteiger partial charge in [-0.2, -0.15) is 15.4 Å². The molecular weight excluding hydrogens is 433 g/mol. The second kappa shape index (κ2) is 8.88. The van der Waals surface area contributed by atoms with Gasteiger partial charge in [-0.15, -0.1) is 0 Å². The fourth-order valence-corrected chi connectivity index (χ4v) is 3.51. The highest BCUT2D eigenvalue weighted by Crippen LogP contribution is 2.45. The van der Waals surface area contributed by atoms with Gasteiger partial charge in [0.25, 0.3) is 0 Å². The lowest BCUT2D eigenvalue weighted by atomic mass is 10.0. The van der Waals surface area contributed by atoms with E-state index in [1.807, 2.05) is 0 Å². The van der Waals surface area contributed by atoms with Gasteiger partial charge in [0.15, 0.2) is 23.0 Å². The van der Waals surface area contributed by atoms with E-state index in [0.717, 1.165) is 0 Å². The zero-order chi connectivity index (χ0) is 21.9. The summed E-state index contributed by atoms with van der Waals surface area (Å²) < 4.78 is 26.5. The quantitative estimate of drug-likeness (QED) is 0.438. The van der Waals surface area contributed by atoms with E-state index in [2.05, 4.69) is 27.2 Å². The lowest BCUT2D eigenvalue weighted by Gasteiger charge is -2.15. The number of aromatic nitrogens is 3. The van der Waals surface area contributed by atoms with Crippen LogP contribution in [-0.2, 0) is 11.8 Å². The molecule has 2 aromatic carbocycles. The Morgan fingerprint density at radius 3 is 1.80 bits per heavy atom. The fraction of sp³-hybridized carbons (Fsp3) is 0.222. The minimum absolute atomic E-state index is 0.0715. The summed E-state index contributed by atoms with van der Waals surface area (Å²) in [6, 6.07) is 8.34. The molecule has 0 amide bonds. The molecule has 3 rings (SSSR count). The molecule has 0 aliphatic rings. The molecule has 10 nitrogen and oxygen atoms in total. The maximum atomic E-state index is 9.54. The number of benzene rings is 2. The van der Waals surface area contributed by atoms with Gasteiger partial charge < -0.3 is 33.3 Å². The molecule has 0 radical (unpaired) electrons. The van der Waals surface area contributed by atoms with Crippen LogP contribution >= 0.6 is 6.72 Å². The summed E-state index contributed by atoms with van der Waals surface area (Å²) in [7, 11) is 5.99. The molecule has 3 aromatic rings. The van der Waals surface area contributed by atoms with Crippen LogP contribution in [0.2, 0.25) is 0 Å². The first-order chi connectivity index (χ1) is 14.3. The van der Waals surface area contributed by atoms with Gasteiger partial charge in [0.1, 0.15) is 11.4 Å². The molecule has 0 spiro atoms. The average molecular weight is 453 g/mol. The molecule has 0 fully saturated rings. The predicted octanol–water partition coefficient (Wildman–Crippen LogP) is 2.76. The Kier molecular flexibility index (Phi) is 6.47. The van der Waals surface area contributed by atoms with E-state index in [1.54, 1.807) is 24.3 Å². The van der Waals surface area contributed by atoms with Crippen LogP contribution in [0.5, 0.6) is 28.7 Å². The number of hydrogen-bond donors (Lipinski definition) is 3. The van der Waals surface area contributed by atoms with Crippen molar-refractivity contribution in [2.45, 2.75) is 0 Å². The topological polar surface area (TPSA) is 128 Å². The number of ether oxygens (including phenoxy) is 4. The van der Waals surface area contributed by atoms with Crippen LogP contribution in [0.3, 0.4) is 0 Å². The maximum absolute atomic E-state index is 9.54. The Labute approximate surface area is 177 Å². The minimum atomic E-state index is -3.96. The van der Waals surface area contributed by atoms with Crippen molar-refractivity contribution in [3.05, 3.63) is 30.3 Å². The highest BCUT2D eigenvalue weighted by Gasteiger charge is 2.21. The second-order valence-corrected chi connectivity index (χ2v) is 8.47. The van der Waals surface area contributed by atoms with Crippen molar-refractivity contribution in [1.82, 2.24) is 15.4 Å². The zero-order valence-corrected chi connectivity index (χ0v) is 18.3. The summed E-state index contributed by atoms with van der Waals surface area (Å²) in [5, 5.41) is 11.1. The monoisotopic (exact) mass is 453 g/mol. The first-order valence-electron chi connectivity index (χ1n) is 8.46. The molecule has 1 heterocycles. The number of aromatic amines is 1. The Morgan fingerprint density at radius 1 is 0.767 bits per heavy atom. The van der Waals surface area contributed by atoms with Crippen molar-refractivity contribution >= 4 is 18.5 Å². The molecule has 0 saturated carbocycles. The highest BCUT2D eigenvalue weighted by atomic mass is 32.5. The number of rotatable bonds is 8. The van der Waals surface area contributed by atoms with Gasteiger partial charge in [0.2, 0.25) is 5.75 Å². The largest absolute Gasteiger partial charge is 0.493 e. The molecule has 160 valence electrons. The summed E-state index contributed by atoms with van der Waals surface area (Å²) >= 11 is 4.57. The Hall–Kier alpha value is -2.85. The van der Waals surface area contributed by atoms with Gasteiger partial charge in [-0.1, -0.05) is 0 Å². The van der Waals surface area contributed by atoms with E-state index in [1.165, 1.54) is 34.5 Å². The number of hydrogen-bond acceptors (Lipinski definition) is 8. The van der Waals surface area contributed by atoms with Crippen molar-refractivity contribution in [2.24, 2.45) is 0 Å². The molecule has 3 N–H and O–H groups in total. The summed E-state index contributed by atoms with van der Waals surface area (Å²) in [5.74, 6) is 1.73. The van der Waals surface area contributed by atoms with E-state index >= 15 is 0 Å². The van der Waals surface area contributed by atoms with Crippen molar-refractivity contribution in [3.8, 4) is 51.3 Å². The molecule has 0 aliphatic carbocycles. The predicted molar refractivity (Wildman–Crippen MR) is 113 cm³/mol. The molecule has 0 saturated heterocycles. The van der Waals surface area contributed by atoms with Gasteiger partial charge in [-0.3, -0.25) is 0 Å². The smallest absolute Gasteiger partial charge is 0.375 e. The molecular formula is C18H20N3O7PS. The van der Waals surface area contributed by atoms with Crippen LogP contribution in [-0.4, -0.2) is 53.6 Å². The van der Waals surface area contributed by atoms with Crippen molar-refractivity contribution in [3.63, 3.8) is 0 Å². The van der Waals surface area contributed by atoms with Gasteiger partial charge >= 0.3 is 6.72 Å². The molecule has 0 atom stereocenters. The number of methoxy groups -OCH3 is 4. The normalized spacial score (nSPS) is 11.1. The van der Waals surface area contributed by atoms with Crippen molar-refractivity contribution in [1.29, 1.82) is 0 Å². The highest BCUT2D eigenvalue weighted by molar-refractivity contribution is 8.06. The first-order valence-corrected chi connectivity index (χ1v) is 11.1. The molecule has 1 aromatic heterocycles. The standard InChI is InChI=1S/C18H20N3O7PS/c1-24-12-6-5-10(7-13(12)28-29(22,23)30)16-17(20-21-19-16)11-8-14(25-2)18(27-4)15(9-11)26-3/h5-9H,1-4H3,(H,19,20,21)(H2,22,23,30). The third-order valence-corrected chi connectivity index (χ3v) is 4.80. The molecule has 0 bridgehead atoms. The maximum Gasteiger partial charge on any atom is 0.375 e. The lowest BCUT2D eigenvalue weighted by Crippen LogP contribution is -1.97. The van der Waals surface area contributed by atoms with Gasteiger partial charge in [-0.25, -0.2) is 0 Å². The Balaban J connectivity index is 2.13. The second-order valence-electron chi connectivity index (χ2n) is 5.88. The Morgan fingerprint density at radius 2 is 1.30 bits per heavy atom. The summed E-state index contributed by atoms with van der Waals surface area (Å²) in [6.45, 7) is -3.96. The van der Waals surface area contributed by atoms with Crippen LogP contribution in [0.25, 0.3) is 22.5 Å². The van der Waals surface area contributed by atoms with Crippen LogP contribution < -0.4 is 23.5 Å². The molecule has 12 heteroatoms. The lowest BCUT2D eigenvalue weighted by molar-refractivity contribution is 0.324. The van der Waals surface area contributed by atoms with Crippen LogP contribution in [0, 0.1) is 0 Å². The van der Waals surface area contributed by atoms with Crippen LogP contribution in [0.15, 0.2) is 30.3 Å². The van der Waals surface area contributed by atoms with E-state index < -0.39 is 6.72 Å². The van der Waals surface area contributed by atoms with Gasteiger partial charge in [0.05, 0.1) is 28.4 Å². The van der Waals surface area contributed by atoms with E-state index in [-0.39, 0.29) is 11.5 Å². The van der Waals surface area contributed by atoms with Crippen LogP contribution in [0.4, 0.5) is 0 Å². The first kappa shape index (κ1) is 21.8. The fourth-order valence-electron chi connectivity index (χ4n) is 2.87. The summed E-state index contributed by atoms with van der Waals surface area (Å²) in [5.41, 5.74) is 2.20. The molecule has 30 heavy (non-hydrogen) atoms. The SMILES string of the molecule is COc1ccc(-c2n[nH]nc2-c2cc(OC)c(OC)c(OC)c2)cc1OP(O)(O)=S. The molecule has 0 unspecified atom stereocenters. The number of H-pyrrole nitrogens is 1. The van der Waals surface area contributed by atoms with E-state index in [9.17, 15) is 9.79 Å².